The molecule has 0 atom stereocenters. The predicted octanol–water partition coefficient (Wildman–Crippen LogP) is 6.11. The van der Waals surface area contributed by atoms with Crippen LogP contribution in [0.25, 0.3) is 22.6 Å². The van der Waals surface area contributed by atoms with Crippen molar-refractivity contribution in [3.05, 3.63) is 71.8 Å². The van der Waals surface area contributed by atoms with E-state index < -0.39 is 28.3 Å². The molecule has 51 heavy (non-hydrogen) atoms. The molecule has 2 heterocycles. The van der Waals surface area contributed by atoms with Gasteiger partial charge in [-0.2, -0.15) is 0 Å². The van der Waals surface area contributed by atoms with Gasteiger partial charge in [-0.1, -0.05) is 50.2 Å². The standard InChI is InChI=1S/C34H43N5O11S/c1-23-24(2)50-36-31(23)38(22-48-33(41)47-16-9-10-17-49-39(42)43)51(44,45)29-12-8-7-11-28(29)27-14-13-25(32-35-15-18-46-32)19-26(27)21-37(6)30(40)20-34(3,4)5/h7-8,11-15,18-19,42-43H,9-10,16-17,20-22H2,1-6H3. The Morgan fingerprint density at radius 2 is 1.71 bits per heavy atom. The first-order valence-electron chi connectivity index (χ1n) is 16.0. The Morgan fingerprint density at radius 1 is 0.980 bits per heavy atom. The minimum Gasteiger partial charge on any atom is -0.445 e. The zero-order valence-electron chi connectivity index (χ0n) is 29.4. The number of hydrogen-bond acceptors (Lipinski definition) is 14. The van der Waals surface area contributed by atoms with E-state index in [-0.39, 0.29) is 41.8 Å². The summed E-state index contributed by atoms with van der Waals surface area (Å²) in [4.78, 5) is 35.9. The predicted molar refractivity (Wildman–Crippen MR) is 181 cm³/mol. The minimum absolute atomic E-state index is 0.0463. The summed E-state index contributed by atoms with van der Waals surface area (Å²) in [5.74, 6) is 0.546. The van der Waals surface area contributed by atoms with E-state index in [9.17, 15) is 18.0 Å². The molecule has 0 spiro atoms. The number of oxazole rings is 1. The molecule has 2 aromatic heterocycles. The maximum atomic E-state index is 14.6. The van der Waals surface area contributed by atoms with E-state index in [1.807, 2.05) is 26.8 Å². The Morgan fingerprint density at radius 3 is 2.35 bits per heavy atom. The van der Waals surface area contributed by atoms with E-state index in [0.29, 0.717) is 58.7 Å². The van der Waals surface area contributed by atoms with Crippen LogP contribution < -0.4 is 4.31 Å². The molecule has 1 amide bonds. The monoisotopic (exact) mass is 729 g/mol. The van der Waals surface area contributed by atoms with Gasteiger partial charge < -0.3 is 23.3 Å². The van der Waals surface area contributed by atoms with Crippen LogP contribution in [-0.2, 0) is 35.7 Å². The number of amides is 1. The fraction of sp³-hybridized carbons (Fsp3) is 0.412. The number of sulfonamides is 1. The van der Waals surface area contributed by atoms with Crippen LogP contribution in [0, 0.1) is 19.3 Å². The summed E-state index contributed by atoms with van der Waals surface area (Å²) in [6.07, 6.45) is 2.75. The molecule has 0 bridgehead atoms. The Kier molecular flexibility index (Phi) is 12.9. The van der Waals surface area contributed by atoms with Crippen LogP contribution in [0.5, 0.6) is 0 Å². The number of ether oxygens (including phenoxy) is 2. The molecule has 2 N–H and O–H groups in total. The van der Waals surface area contributed by atoms with E-state index in [4.69, 9.17) is 28.8 Å². The van der Waals surface area contributed by atoms with Gasteiger partial charge in [-0.3, -0.25) is 20.0 Å². The second-order valence-electron chi connectivity index (χ2n) is 12.9. The maximum absolute atomic E-state index is 14.6. The average molecular weight is 730 g/mol. The summed E-state index contributed by atoms with van der Waals surface area (Å²) in [5, 5.41) is 20.7. The number of unbranched alkanes of at least 4 members (excludes halogenated alkanes) is 1. The summed E-state index contributed by atoms with van der Waals surface area (Å²) in [5.41, 5.74) is 2.28. The van der Waals surface area contributed by atoms with Crippen LogP contribution in [0.2, 0.25) is 0 Å². The van der Waals surface area contributed by atoms with Crippen molar-refractivity contribution < 1.29 is 51.7 Å². The number of carbonyl (C=O) groups is 2. The van der Waals surface area contributed by atoms with Crippen LogP contribution in [0.3, 0.4) is 0 Å². The van der Waals surface area contributed by atoms with E-state index in [1.165, 1.54) is 18.5 Å². The average Bonchev–Trinajstić information content (AvgIpc) is 3.72. The molecule has 17 heteroatoms. The fourth-order valence-electron chi connectivity index (χ4n) is 4.99. The molecule has 16 nitrogen and oxygen atoms in total. The van der Waals surface area contributed by atoms with Crippen LogP contribution in [0.4, 0.5) is 10.6 Å². The molecule has 4 rings (SSSR count). The van der Waals surface area contributed by atoms with Gasteiger partial charge in [0.25, 0.3) is 10.0 Å². The number of benzene rings is 2. The van der Waals surface area contributed by atoms with Crippen molar-refractivity contribution in [2.45, 2.75) is 65.3 Å². The molecule has 2 aromatic carbocycles. The van der Waals surface area contributed by atoms with Gasteiger partial charge in [-0.15, -0.1) is 0 Å². The molecular weight excluding hydrogens is 686 g/mol. The summed E-state index contributed by atoms with van der Waals surface area (Å²) in [6.45, 7) is 8.38. The smallest absolute Gasteiger partial charge is 0.445 e. The summed E-state index contributed by atoms with van der Waals surface area (Å²) in [7, 11) is -2.83. The van der Waals surface area contributed by atoms with E-state index in [2.05, 4.69) is 15.0 Å². The lowest BCUT2D eigenvalue weighted by molar-refractivity contribution is -0.492. The van der Waals surface area contributed by atoms with Gasteiger partial charge in [0, 0.05) is 36.7 Å². The quantitative estimate of drug-likeness (QED) is 0.0580. The van der Waals surface area contributed by atoms with Crippen molar-refractivity contribution in [3.63, 3.8) is 0 Å². The lowest BCUT2D eigenvalue weighted by atomic mass is 9.91. The van der Waals surface area contributed by atoms with Crippen LogP contribution in [0.1, 0.15) is 56.9 Å². The molecule has 0 saturated heterocycles. The van der Waals surface area contributed by atoms with E-state index in [0.717, 1.165) is 4.31 Å². The third-order valence-electron chi connectivity index (χ3n) is 7.68. The molecule has 0 fully saturated rings. The summed E-state index contributed by atoms with van der Waals surface area (Å²) < 4.78 is 51.1. The van der Waals surface area contributed by atoms with E-state index >= 15 is 0 Å². The fourth-order valence-corrected chi connectivity index (χ4v) is 6.53. The van der Waals surface area contributed by atoms with Gasteiger partial charge >= 0.3 is 6.16 Å². The van der Waals surface area contributed by atoms with Crippen molar-refractivity contribution in [2.75, 3.05) is 31.3 Å². The second kappa shape index (κ2) is 16.9. The molecule has 0 aliphatic heterocycles. The largest absolute Gasteiger partial charge is 0.510 e. The number of rotatable bonds is 16. The van der Waals surface area contributed by atoms with Gasteiger partial charge in [0.05, 0.1) is 29.7 Å². The van der Waals surface area contributed by atoms with Gasteiger partial charge in [0.1, 0.15) is 12.0 Å². The second-order valence-corrected chi connectivity index (χ2v) is 14.7. The van der Waals surface area contributed by atoms with Gasteiger partial charge in [0.15, 0.2) is 12.5 Å². The topological polar surface area (TPSA) is 198 Å². The molecule has 276 valence electrons. The number of aromatic nitrogens is 2. The maximum Gasteiger partial charge on any atom is 0.510 e. The lowest BCUT2D eigenvalue weighted by Crippen LogP contribution is -2.35. The minimum atomic E-state index is -4.52. The van der Waals surface area contributed by atoms with E-state index in [1.54, 1.807) is 56.1 Å². The highest BCUT2D eigenvalue weighted by atomic mass is 32.2. The molecule has 0 radical (unpaired) electrons. The number of nitrogens with zero attached hydrogens (tertiary/aromatic N) is 5. The number of carbonyl (C=O) groups excluding carboxylic acids is 2. The van der Waals surface area contributed by atoms with Gasteiger partial charge in [0.2, 0.25) is 11.8 Å². The van der Waals surface area contributed by atoms with Crippen LogP contribution in [-0.4, -0.2) is 78.3 Å². The summed E-state index contributed by atoms with van der Waals surface area (Å²) in [6, 6.07) is 11.7. The molecule has 0 aliphatic carbocycles. The third-order valence-corrected chi connectivity index (χ3v) is 9.45. The normalized spacial score (nSPS) is 11.9. The number of hydrogen-bond donors (Lipinski definition) is 2. The van der Waals surface area contributed by atoms with Crippen molar-refractivity contribution in [3.8, 4) is 22.6 Å². The van der Waals surface area contributed by atoms with Gasteiger partial charge in [-0.05, 0) is 61.4 Å². The summed E-state index contributed by atoms with van der Waals surface area (Å²) >= 11 is 0. The Balaban J connectivity index is 1.69. The Hall–Kier alpha value is -4.81. The molecule has 4 aromatic rings. The Bertz CT molecular complexity index is 1890. The lowest BCUT2D eigenvalue weighted by Gasteiger charge is -2.26. The van der Waals surface area contributed by atoms with Crippen LogP contribution in [0.15, 0.2) is 68.8 Å². The zero-order valence-corrected chi connectivity index (χ0v) is 30.2. The number of anilines is 1. The molecule has 0 saturated carbocycles. The first-order chi connectivity index (χ1) is 24.1. The van der Waals surface area contributed by atoms with Crippen molar-refractivity contribution in [1.82, 2.24) is 20.4 Å². The van der Waals surface area contributed by atoms with Crippen LogP contribution >= 0.6 is 0 Å². The van der Waals surface area contributed by atoms with Gasteiger partial charge in [-0.25, -0.2) is 22.5 Å². The molecular formula is C34H43N5O11S. The molecule has 0 aliphatic rings. The SMILES string of the molecule is Cc1onc(N(COC(=O)OCCCCON(O)O)S(=O)(=O)c2ccccc2-c2ccc(-c3ncco3)cc2CN(C)C(=O)CC(C)(C)C)c1C. The third kappa shape index (κ3) is 10.4. The highest BCUT2D eigenvalue weighted by Gasteiger charge is 2.33. The number of aryl methyl sites for hydroxylation is 1. The highest BCUT2D eigenvalue weighted by molar-refractivity contribution is 7.93. The van der Waals surface area contributed by atoms with Crippen molar-refractivity contribution in [2.24, 2.45) is 5.41 Å². The Labute approximate surface area is 296 Å². The molecule has 0 unspecified atom stereocenters. The van der Waals surface area contributed by atoms with Crippen molar-refractivity contribution >= 4 is 27.9 Å². The first-order valence-corrected chi connectivity index (χ1v) is 17.4. The highest BCUT2D eigenvalue weighted by Crippen LogP contribution is 2.37. The first kappa shape index (κ1) is 39.0. The zero-order chi connectivity index (χ0) is 37.3. The van der Waals surface area contributed by atoms with Crippen molar-refractivity contribution in [1.29, 1.82) is 0 Å².